The third-order valence-electron chi connectivity index (χ3n) is 7.08. The summed E-state index contributed by atoms with van der Waals surface area (Å²) in [5.41, 5.74) is 2.17. The zero-order valence-electron chi connectivity index (χ0n) is 24.5. The van der Waals surface area contributed by atoms with Crippen LogP contribution in [0.4, 0.5) is 10.5 Å². The smallest absolute Gasteiger partial charge is 0.321 e. The molecule has 0 bridgehead atoms. The summed E-state index contributed by atoms with van der Waals surface area (Å²) >= 11 is 0. The Labute approximate surface area is 246 Å². The highest BCUT2D eigenvalue weighted by Gasteiger charge is 2.34. The third-order valence-corrected chi connectivity index (χ3v) is 7.08. The summed E-state index contributed by atoms with van der Waals surface area (Å²) in [7, 11) is 4.84. The molecule has 10 heteroatoms. The molecule has 42 heavy (non-hydrogen) atoms. The van der Waals surface area contributed by atoms with Gasteiger partial charge in [0.25, 0.3) is 5.91 Å². The third kappa shape index (κ3) is 7.30. The highest BCUT2D eigenvalue weighted by molar-refractivity contribution is 5.97. The molecule has 3 aromatic rings. The second-order valence-corrected chi connectivity index (χ2v) is 10.2. The number of ether oxygens (including phenoxy) is 3. The number of aliphatic hydroxyl groups is 1. The van der Waals surface area contributed by atoms with Gasteiger partial charge in [0.2, 0.25) is 5.88 Å². The van der Waals surface area contributed by atoms with E-state index in [2.05, 4.69) is 22.1 Å². The van der Waals surface area contributed by atoms with E-state index in [1.807, 2.05) is 31.2 Å². The van der Waals surface area contributed by atoms with E-state index in [4.69, 9.17) is 14.2 Å². The van der Waals surface area contributed by atoms with E-state index in [0.29, 0.717) is 23.5 Å². The Morgan fingerprint density at radius 3 is 2.55 bits per heavy atom. The maximum Gasteiger partial charge on any atom is 0.321 e. The van der Waals surface area contributed by atoms with Gasteiger partial charge in [0.1, 0.15) is 23.2 Å². The van der Waals surface area contributed by atoms with Gasteiger partial charge in [-0.3, -0.25) is 4.79 Å². The van der Waals surface area contributed by atoms with E-state index < -0.39 is 12.1 Å². The number of aromatic nitrogens is 1. The highest BCUT2D eigenvalue weighted by Crippen LogP contribution is 2.27. The Hall–Kier alpha value is -4.75. The van der Waals surface area contributed by atoms with Gasteiger partial charge < -0.3 is 34.4 Å². The zero-order valence-corrected chi connectivity index (χ0v) is 24.5. The monoisotopic (exact) mass is 572 g/mol. The van der Waals surface area contributed by atoms with E-state index in [9.17, 15) is 14.7 Å². The van der Waals surface area contributed by atoms with Gasteiger partial charge >= 0.3 is 6.03 Å². The molecule has 2 heterocycles. The van der Waals surface area contributed by atoms with Crippen LogP contribution in [0.2, 0.25) is 0 Å². The molecule has 0 radical (unpaired) electrons. The van der Waals surface area contributed by atoms with Gasteiger partial charge in [0.15, 0.2) is 0 Å². The number of carbonyl (C=O) groups excluding carboxylic acids is 2. The van der Waals surface area contributed by atoms with Gasteiger partial charge in [-0.05, 0) is 49.4 Å². The Balaban J connectivity index is 1.59. The Morgan fingerprint density at radius 2 is 1.86 bits per heavy atom. The second kappa shape index (κ2) is 13.7. The molecular formula is C32H36N4O6. The standard InChI is InChI=1S/C32H36N4O6/c1-21-18-36(22(2)20-37)31(38)28-15-24(10-9-23-11-13-26(40-4)14-12-23)17-33-30(28)42-29(21)19-35(3)32(39)34-25-7-6-8-27(16-25)41-5/h6-8,11-17,21-22,29,37H,18-20H2,1-5H3,(H,34,39)/t21-,22-,29+/m0/s1. The number of likely N-dealkylation sites (N-methyl/N-ethyl adjacent to an activating group) is 1. The predicted octanol–water partition coefficient (Wildman–Crippen LogP) is 3.88. The number of hydrogen-bond donors (Lipinski definition) is 2. The zero-order chi connectivity index (χ0) is 30.2. The van der Waals surface area contributed by atoms with Crippen LogP contribution in [0.3, 0.4) is 0 Å². The lowest BCUT2D eigenvalue weighted by atomic mass is 10.00. The number of amides is 3. The van der Waals surface area contributed by atoms with Crippen LogP contribution in [0.15, 0.2) is 60.8 Å². The Morgan fingerprint density at radius 1 is 1.14 bits per heavy atom. The lowest BCUT2D eigenvalue weighted by Crippen LogP contribution is -2.50. The van der Waals surface area contributed by atoms with Gasteiger partial charge in [-0.15, -0.1) is 0 Å². The van der Waals surface area contributed by atoms with E-state index >= 15 is 0 Å². The van der Waals surface area contributed by atoms with Crippen molar-refractivity contribution in [3.63, 3.8) is 0 Å². The number of urea groups is 1. The summed E-state index contributed by atoms with van der Waals surface area (Å²) in [6.45, 7) is 4.08. The number of nitrogens with one attached hydrogen (secondary N) is 1. The first-order valence-corrected chi connectivity index (χ1v) is 13.6. The van der Waals surface area contributed by atoms with Crippen molar-refractivity contribution in [1.29, 1.82) is 0 Å². The predicted molar refractivity (Wildman–Crippen MR) is 159 cm³/mol. The molecular weight excluding hydrogens is 536 g/mol. The average Bonchev–Trinajstić information content (AvgIpc) is 3.01. The molecule has 0 spiro atoms. The summed E-state index contributed by atoms with van der Waals surface area (Å²) in [5.74, 6) is 7.17. The molecule has 0 saturated carbocycles. The molecule has 3 amide bonds. The van der Waals surface area contributed by atoms with Crippen molar-refractivity contribution < 1.29 is 28.9 Å². The van der Waals surface area contributed by atoms with E-state index in [-0.39, 0.29) is 42.5 Å². The lowest BCUT2D eigenvalue weighted by Gasteiger charge is -2.37. The highest BCUT2D eigenvalue weighted by atomic mass is 16.5. The molecule has 0 unspecified atom stereocenters. The molecule has 1 aliphatic heterocycles. The molecule has 2 aromatic carbocycles. The quantitative estimate of drug-likeness (QED) is 0.413. The van der Waals surface area contributed by atoms with Crippen molar-refractivity contribution >= 4 is 17.6 Å². The fraction of sp³-hybridized carbons (Fsp3) is 0.344. The van der Waals surface area contributed by atoms with E-state index in [1.165, 1.54) is 4.90 Å². The number of fused-ring (bicyclic) bond motifs is 1. The SMILES string of the molecule is COc1ccc(C#Cc2cnc3c(c2)C(=O)N([C@@H](C)CO)C[C@H](C)[C@@H](CN(C)C(=O)Nc2cccc(OC)c2)O3)cc1. The molecule has 1 aliphatic rings. The van der Waals surface area contributed by atoms with Gasteiger partial charge in [0.05, 0.1) is 33.4 Å². The summed E-state index contributed by atoms with van der Waals surface area (Å²) in [6.07, 6.45) is 1.07. The molecule has 0 fully saturated rings. The van der Waals surface area contributed by atoms with Crippen LogP contribution >= 0.6 is 0 Å². The number of nitrogens with zero attached hydrogens (tertiary/aromatic N) is 3. The lowest BCUT2D eigenvalue weighted by molar-refractivity contribution is 0.0356. The van der Waals surface area contributed by atoms with Crippen LogP contribution in [-0.4, -0.2) is 84.9 Å². The van der Waals surface area contributed by atoms with Crippen molar-refractivity contribution in [2.24, 2.45) is 5.92 Å². The maximum absolute atomic E-state index is 13.7. The first kappa shape index (κ1) is 30.2. The number of benzene rings is 2. The van der Waals surface area contributed by atoms with Gasteiger partial charge in [-0.1, -0.05) is 24.8 Å². The fourth-order valence-corrected chi connectivity index (χ4v) is 4.48. The van der Waals surface area contributed by atoms with Crippen molar-refractivity contribution in [1.82, 2.24) is 14.8 Å². The first-order valence-electron chi connectivity index (χ1n) is 13.6. The number of methoxy groups -OCH3 is 2. The van der Waals surface area contributed by atoms with Crippen LogP contribution in [0.25, 0.3) is 0 Å². The number of anilines is 1. The van der Waals surface area contributed by atoms with Crippen LogP contribution in [0.5, 0.6) is 17.4 Å². The molecule has 0 aliphatic carbocycles. The van der Waals surface area contributed by atoms with E-state index in [1.54, 1.807) is 69.6 Å². The normalized spacial score (nSPS) is 16.9. The molecule has 4 rings (SSSR count). The second-order valence-electron chi connectivity index (χ2n) is 10.2. The summed E-state index contributed by atoms with van der Waals surface area (Å²) in [4.78, 5) is 34.3. The number of aliphatic hydroxyl groups excluding tert-OH is 1. The van der Waals surface area contributed by atoms with Gasteiger partial charge in [0, 0.05) is 48.6 Å². The largest absolute Gasteiger partial charge is 0.497 e. The summed E-state index contributed by atoms with van der Waals surface area (Å²) in [6, 6.07) is 15.3. The van der Waals surface area contributed by atoms with Crippen LogP contribution < -0.4 is 19.5 Å². The fourth-order valence-electron chi connectivity index (χ4n) is 4.48. The topological polar surface area (TPSA) is 113 Å². The number of hydrogen-bond acceptors (Lipinski definition) is 7. The Bertz CT molecular complexity index is 1470. The molecule has 10 nitrogen and oxygen atoms in total. The van der Waals surface area contributed by atoms with Crippen LogP contribution in [0.1, 0.15) is 35.3 Å². The molecule has 1 aromatic heterocycles. The molecule has 0 saturated heterocycles. The minimum atomic E-state index is -0.491. The molecule has 2 N–H and O–H groups in total. The number of carbonyl (C=O) groups is 2. The number of rotatable bonds is 7. The first-order chi connectivity index (χ1) is 20.2. The number of pyridine rings is 1. The minimum absolute atomic E-state index is 0.156. The maximum atomic E-state index is 13.7. The average molecular weight is 573 g/mol. The van der Waals surface area contributed by atoms with Crippen molar-refractivity contribution in [2.75, 3.05) is 46.3 Å². The minimum Gasteiger partial charge on any atom is -0.497 e. The Kier molecular flexibility index (Phi) is 9.89. The van der Waals surface area contributed by atoms with Crippen molar-refractivity contribution in [3.8, 4) is 29.2 Å². The summed E-state index contributed by atoms with van der Waals surface area (Å²) in [5, 5.41) is 12.8. The van der Waals surface area contributed by atoms with Crippen LogP contribution in [-0.2, 0) is 0 Å². The molecule has 3 atom stereocenters. The van der Waals surface area contributed by atoms with Crippen molar-refractivity contribution in [2.45, 2.75) is 26.0 Å². The summed E-state index contributed by atoms with van der Waals surface area (Å²) < 4.78 is 16.7. The molecule has 220 valence electrons. The van der Waals surface area contributed by atoms with Crippen molar-refractivity contribution in [3.05, 3.63) is 77.5 Å². The van der Waals surface area contributed by atoms with Gasteiger partial charge in [-0.2, -0.15) is 0 Å². The van der Waals surface area contributed by atoms with Gasteiger partial charge in [-0.25, -0.2) is 9.78 Å². The van der Waals surface area contributed by atoms with E-state index in [0.717, 1.165) is 11.3 Å². The van der Waals surface area contributed by atoms with Crippen LogP contribution in [0, 0.1) is 17.8 Å².